The Labute approximate surface area is 219 Å². The van der Waals surface area contributed by atoms with Gasteiger partial charge in [0.05, 0.1) is 22.7 Å². The maximum absolute atomic E-state index is 11.3. The summed E-state index contributed by atoms with van der Waals surface area (Å²) in [5.41, 5.74) is 6.18. The molecule has 0 aromatic heterocycles. The number of benzene rings is 4. The van der Waals surface area contributed by atoms with Gasteiger partial charge in [0.15, 0.2) is 0 Å². The fourth-order valence-electron chi connectivity index (χ4n) is 4.87. The highest BCUT2D eigenvalue weighted by atomic mass is 32.2. The van der Waals surface area contributed by atoms with E-state index in [0.717, 1.165) is 59.7 Å². The number of carbonyl (C=O) groups excluding carboxylic acids is 2. The molecule has 0 N–H and O–H groups in total. The molecule has 0 amide bonds. The molecule has 6 heteroatoms. The van der Waals surface area contributed by atoms with E-state index in [-0.39, 0.29) is 0 Å². The number of para-hydroxylation sites is 2. The zero-order valence-corrected chi connectivity index (χ0v) is 21.2. The van der Waals surface area contributed by atoms with Gasteiger partial charge in [-0.2, -0.15) is 0 Å². The van der Waals surface area contributed by atoms with Crippen LogP contribution in [0.15, 0.2) is 105 Å². The van der Waals surface area contributed by atoms with Crippen molar-refractivity contribution in [2.45, 2.75) is 32.4 Å². The van der Waals surface area contributed by atoms with Crippen LogP contribution in [0.2, 0.25) is 0 Å². The summed E-state index contributed by atoms with van der Waals surface area (Å²) in [6.07, 6.45) is 3.86. The minimum Gasteiger partial charge on any atom is -0.340 e. The van der Waals surface area contributed by atoms with E-state index in [0.29, 0.717) is 11.1 Å². The molecule has 4 aromatic carbocycles. The van der Waals surface area contributed by atoms with E-state index in [1.807, 2.05) is 24.3 Å². The second-order valence-electron chi connectivity index (χ2n) is 8.84. The first kappa shape index (κ1) is 23.0. The van der Waals surface area contributed by atoms with Gasteiger partial charge in [0.1, 0.15) is 12.6 Å². The number of unbranched alkanes of at least 4 members (excludes halogenated alkanes) is 1. The number of hydrogen-bond donors (Lipinski definition) is 0. The Hall–Kier alpha value is -3.48. The Morgan fingerprint density at radius 3 is 1.39 bits per heavy atom. The molecule has 178 valence electrons. The molecule has 0 atom stereocenters. The molecule has 2 heterocycles. The van der Waals surface area contributed by atoms with Gasteiger partial charge in [-0.05, 0) is 73.5 Å². The molecule has 6 rings (SSSR count). The van der Waals surface area contributed by atoms with E-state index in [1.165, 1.54) is 21.2 Å². The second-order valence-corrected chi connectivity index (χ2v) is 11.0. The van der Waals surface area contributed by atoms with Crippen molar-refractivity contribution in [1.29, 1.82) is 0 Å². The standard InChI is InChI=1S/C30H24N2O2S2/c33-19-21-11-13-25-29(17-21)35-27-9-3-1-7-23(27)31(25)15-5-6-16-32-24-8-2-4-10-28(24)36-30-18-22(20-34)12-14-26(30)32/h1-4,7-14,17-20H,5-6,15-16H2. The number of fused-ring (bicyclic) bond motifs is 4. The fraction of sp³-hybridized carbons (Fsp3) is 0.133. The fourth-order valence-corrected chi connectivity index (χ4v) is 7.16. The SMILES string of the molecule is O=Cc1ccc2c(c1)Sc1ccccc1N2CCCCN1c2ccccc2Sc2cc(C=O)ccc21. The van der Waals surface area contributed by atoms with E-state index >= 15 is 0 Å². The highest BCUT2D eigenvalue weighted by molar-refractivity contribution is 8.00. The van der Waals surface area contributed by atoms with Crippen molar-refractivity contribution < 1.29 is 9.59 Å². The topological polar surface area (TPSA) is 40.6 Å². The van der Waals surface area contributed by atoms with Crippen LogP contribution in [0.1, 0.15) is 33.6 Å². The van der Waals surface area contributed by atoms with Crippen molar-refractivity contribution in [1.82, 2.24) is 0 Å². The van der Waals surface area contributed by atoms with Gasteiger partial charge in [0.25, 0.3) is 0 Å². The van der Waals surface area contributed by atoms with Gasteiger partial charge in [-0.25, -0.2) is 0 Å². The molecule has 0 saturated heterocycles. The Bertz CT molecular complexity index is 1360. The predicted molar refractivity (Wildman–Crippen MR) is 148 cm³/mol. The van der Waals surface area contributed by atoms with Crippen LogP contribution in [0.3, 0.4) is 0 Å². The first-order valence-corrected chi connectivity index (χ1v) is 13.7. The summed E-state index contributed by atoms with van der Waals surface area (Å²) in [6, 6.07) is 28.9. The maximum atomic E-state index is 11.3. The molecule has 4 aromatic rings. The Morgan fingerprint density at radius 1 is 0.528 bits per heavy atom. The van der Waals surface area contributed by atoms with Crippen LogP contribution < -0.4 is 9.80 Å². The van der Waals surface area contributed by atoms with Crippen LogP contribution in [0.4, 0.5) is 22.7 Å². The molecule has 0 bridgehead atoms. The molecule has 36 heavy (non-hydrogen) atoms. The normalized spacial score (nSPS) is 13.3. The summed E-state index contributed by atoms with van der Waals surface area (Å²) in [4.78, 5) is 32.2. The molecule has 0 saturated carbocycles. The lowest BCUT2D eigenvalue weighted by atomic mass is 10.1. The van der Waals surface area contributed by atoms with Gasteiger partial charge in [-0.15, -0.1) is 0 Å². The summed E-state index contributed by atoms with van der Waals surface area (Å²) >= 11 is 3.46. The highest BCUT2D eigenvalue weighted by Crippen LogP contribution is 2.49. The third kappa shape index (κ3) is 4.21. The van der Waals surface area contributed by atoms with Crippen molar-refractivity contribution in [3.63, 3.8) is 0 Å². The second kappa shape index (κ2) is 9.88. The summed E-state index contributed by atoms with van der Waals surface area (Å²) in [5, 5.41) is 0. The number of rotatable bonds is 7. The monoisotopic (exact) mass is 508 g/mol. The van der Waals surface area contributed by atoms with Crippen LogP contribution in [0, 0.1) is 0 Å². The minimum atomic E-state index is 0.707. The van der Waals surface area contributed by atoms with Gasteiger partial charge in [0, 0.05) is 43.8 Å². The summed E-state index contributed by atoms with van der Waals surface area (Å²) in [6.45, 7) is 1.79. The van der Waals surface area contributed by atoms with Crippen molar-refractivity contribution in [2.75, 3.05) is 22.9 Å². The van der Waals surface area contributed by atoms with Crippen LogP contribution in [0.25, 0.3) is 0 Å². The van der Waals surface area contributed by atoms with E-state index in [2.05, 4.69) is 70.5 Å². The number of carbonyl (C=O) groups is 2. The Morgan fingerprint density at radius 2 is 0.944 bits per heavy atom. The van der Waals surface area contributed by atoms with Crippen LogP contribution in [-0.4, -0.2) is 25.7 Å². The first-order chi connectivity index (χ1) is 17.7. The van der Waals surface area contributed by atoms with E-state index in [1.54, 1.807) is 23.5 Å². The van der Waals surface area contributed by atoms with Crippen LogP contribution in [-0.2, 0) is 0 Å². The number of nitrogens with zero attached hydrogens (tertiary/aromatic N) is 2. The molecule has 0 fully saturated rings. The molecule has 2 aliphatic heterocycles. The largest absolute Gasteiger partial charge is 0.340 e. The van der Waals surface area contributed by atoms with Crippen LogP contribution >= 0.6 is 23.5 Å². The lowest BCUT2D eigenvalue weighted by molar-refractivity contribution is 0.111. The zero-order valence-electron chi connectivity index (χ0n) is 19.6. The third-order valence-electron chi connectivity index (χ3n) is 6.59. The average Bonchev–Trinajstić information content (AvgIpc) is 2.93. The first-order valence-electron chi connectivity index (χ1n) is 12.0. The lowest BCUT2D eigenvalue weighted by Gasteiger charge is -2.34. The highest BCUT2D eigenvalue weighted by Gasteiger charge is 2.25. The minimum absolute atomic E-state index is 0.707. The molecule has 2 aliphatic rings. The molecular formula is C30H24N2O2S2. The molecule has 0 spiro atoms. The van der Waals surface area contributed by atoms with Crippen molar-refractivity contribution in [2.24, 2.45) is 0 Å². The molecular weight excluding hydrogens is 484 g/mol. The smallest absolute Gasteiger partial charge is 0.150 e. The Balaban J connectivity index is 1.22. The summed E-state index contributed by atoms with van der Waals surface area (Å²) < 4.78 is 0. The van der Waals surface area contributed by atoms with Crippen molar-refractivity contribution in [3.05, 3.63) is 96.1 Å². The summed E-state index contributed by atoms with van der Waals surface area (Å²) in [7, 11) is 0. The quantitative estimate of drug-likeness (QED) is 0.186. The van der Waals surface area contributed by atoms with E-state index in [4.69, 9.17) is 0 Å². The zero-order chi connectivity index (χ0) is 24.5. The van der Waals surface area contributed by atoms with E-state index < -0.39 is 0 Å². The summed E-state index contributed by atoms with van der Waals surface area (Å²) in [5.74, 6) is 0. The van der Waals surface area contributed by atoms with E-state index in [9.17, 15) is 9.59 Å². The van der Waals surface area contributed by atoms with Crippen molar-refractivity contribution >= 4 is 58.8 Å². The number of anilines is 4. The maximum Gasteiger partial charge on any atom is 0.150 e. The van der Waals surface area contributed by atoms with Crippen molar-refractivity contribution in [3.8, 4) is 0 Å². The molecule has 0 aliphatic carbocycles. The molecule has 0 unspecified atom stereocenters. The van der Waals surface area contributed by atoms with Gasteiger partial charge < -0.3 is 9.80 Å². The van der Waals surface area contributed by atoms with Gasteiger partial charge in [-0.1, -0.05) is 47.8 Å². The van der Waals surface area contributed by atoms with Gasteiger partial charge >= 0.3 is 0 Å². The van der Waals surface area contributed by atoms with Gasteiger partial charge in [-0.3, -0.25) is 9.59 Å². The Kier molecular flexibility index (Phi) is 6.30. The van der Waals surface area contributed by atoms with Crippen LogP contribution in [0.5, 0.6) is 0 Å². The molecule has 0 radical (unpaired) electrons. The third-order valence-corrected chi connectivity index (χ3v) is 8.81. The number of aldehydes is 2. The lowest BCUT2D eigenvalue weighted by Crippen LogP contribution is -2.25. The molecule has 4 nitrogen and oxygen atoms in total. The number of hydrogen-bond acceptors (Lipinski definition) is 6. The van der Waals surface area contributed by atoms with Gasteiger partial charge in [0.2, 0.25) is 0 Å². The average molecular weight is 509 g/mol. The predicted octanol–water partition coefficient (Wildman–Crippen LogP) is 8.00.